The van der Waals surface area contributed by atoms with E-state index in [2.05, 4.69) is 5.32 Å². The van der Waals surface area contributed by atoms with Crippen LogP contribution in [-0.4, -0.2) is 46.1 Å². The van der Waals surface area contributed by atoms with Crippen LogP contribution in [0.15, 0.2) is 0 Å². The lowest BCUT2D eigenvalue weighted by atomic mass is 9.84. The number of carboxylic acids is 1. The average Bonchev–Trinajstić information content (AvgIpc) is 2.91. The van der Waals surface area contributed by atoms with Gasteiger partial charge in [-0.3, -0.25) is 4.79 Å². The maximum Gasteiger partial charge on any atom is 0.329 e. The molecule has 0 radical (unpaired) electrons. The number of piperidine rings is 1. The van der Waals surface area contributed by atoms with E-state index in [4.69, 9.17) is 0 Å². The summed E-state index contributed by atoms with van der Waals surface area (Å²) >= 11 is 0. The highest BCUT2D eigenvalue weighted by Gasteiger charge is 2.48. The van der Waals surface area contributed by atoms with Gasteiger partial charge in [0.25, 0.3) is 0 Å². The quantitative estimate of drug-likeness (QED) is 0.814. The smallest absolute Gasteiger partial charge is 0.329 e. The number of carbonyl (C=O) groups excluding carboxylic acids is 1. The van der Waals surface area contributed by atoms with E-state index >= 15 is 0 Å². The number of amides is 1. The summed E-state index contributed by atoms with van der Waals surface area (Å²) in [7, 11) is 0. The van der Waals surface area contributed by atoms with Gasteiger partial charge >= 0.3 is 5.97 Å². The van der Waals surface area contributed by atoms with Crippen LogP contribution in [0.2, 0.25) is 0 Å². The van der Waals surface area contributed by atoms with Crippen LogP contribution in [0.3, 0.4) is 0 Å². The molecule has 21 heavy (non-hydrogen) atoms. The first-order valence-corrected chi connectivity index (χ1v) is 8.33. The van der Waals surface area contributed by atoms with Gasteiger partial charge in [0.2, 0.25) is 5.91 Å². The van der Waals surface area contributed by atoms with Gasteiger partial charge < -0.3 is 15.3 Å². The maximum absolute atomic E-state index is 12.9. The number of fused-ring (bicyclic) bond motifs is 1. The Morgan fingerprint density at radius 2 is 1.95 bits per heavy atom. The van der Waals surface area contributed by atoms with E-state index in [0.717, 1.165) is 25.7 Å². The first-order chi connectivity index (χ1) is 10.0. The molecule has 0 aromatic heterocycles. The number of carbonyl (C=O) groups is 2. The maximum atomic E-state index is 12.9. The van der Waals surface area contributed by atoms with Gasteiger partial charge in [-0.25, -0.2) is 4.79 Å². The van der Waals surface area contributed by atoms with Gasteiger partial charge in [-0.15, -0.1) is 0 Å². The van der Waals surface area contributed by atoms with Crippen molar-refractivity contribution in [3.63, 3.8) is 0 Å². The fourth-order valence-corrected chi connectivity index (χ4v) is 4.40. The fourth-order valence-electron chi connectivity index (χ4n) is 4.40. The predicted molar refractivity (Wildman–Crippen MR) is 78.9 cm³/mol. The van der Waals surface area contributed by atoms with Crippen molar-refractivity contribution in [2.24, 2.45) is 5.92 Å². The molecule has 2 aliphatic heterocycles. The van der Waals surface area contributed by atoms with Gasteiger partial charge in [0.05, 0.1) is 6.04 Å². The zero-order chi connectivity index (χ0) is 15.0. The number of likely N-dealkylation sites (tertiary alicyclic amines) is 1. The summed E-state index contributed by atoms with van der Waals surface area (Å²) in [6.45, 7) is 2.28. The number of nitrogens with one attached hydrogen (secondary N) is 1. The largest absolute Gasteiger partial charge is 0.480 e. The molecule has 118 valence electrons. The van der Waals surface area contributed by atoms with E-state index < -0.39 is 11.5 Å². The van der Waals surface area contributed by atoms with E-state index in [1.807, 2.05) is 0 Å². The van der Waals surface area contributed by atoms with Crippen molar-refractivity contribution in [2.75, 3.05) is 6.54 Å². The second kappa shape index (κ2) is 5.59. The number of aliphatic carboxylic acids is 1. The zero-order valence-corrected chi connectivity index (χ0v) is 12.8. The van der Waals surface area contributed by atoms with Crippen molar-refractivity contribution in [1.29, 1.82) is 0 Å². The Labute approximate surface area is 126 Å². The molecule has 2 N–H and O–H groups in total. The number of nitrogens with zero attached hydrogens (tertiary/aromatic N) is 1. The normalized spacial score (nSPS) is 39.9. The Balaban J connectivity index is 1.73. The zero-order valence-electron chi connectivity index (χ0n) is 12.8. The third-order valence-electron chi connectivity index (χ3n) is 5.78. The third kappa shape index (κ3) is 2.56. The topological polar surface area (TPSA) is 69.6 Å². The molecule has 1 saturated carbocycles. The number of hydrogen-bond donors (Lipinski definition) is 2. The summed E-state index contributed by atoms with van der Waals surface area (Å²) in [6.07, 6.45) is 8.11. The van der Waals surface area contributed by atoms with Crippen molar-refractivity contribution in [3.05, 3.63) is 0 Å². The highest BCUT2D eigenvalue weighted by molar-refractivity contribution is 5.90. The van der Waals surface area contributed by atoms with Crippen LogP contribution in [0.1, 0.15) is 58.3 Å². The average molecular weight is 294 g/mol. The minimum atomic E-state index is -1.02. The summed E-state index contributed by atoms with van der Waals surface area (Å²) < 4.78 is 0. The highest BCUT2D eigenvalue weighted by atomic mass is 16.4. The molecule has 1 aliphatic carbocycles. The summed E-state index contributed by atoms with van der Waals surface area (Å²) in [6, 6.07) is 0.295. The lowest BCUT2D eigenvalue weighted by molar-refractivity contribution is -0.161. The number of hydrogen-bond acceptors (Lipinski definition) is 3. The van der Waals surface area contributed by atoms with Crippen LogP contribution in [0, 0.1) is 5.92 Å². The van der Waals surface area contributed by atoms with Crippen LogP contribution in [0.4, 0.5) is 0 Å². The van der Waals surface area contributed by atoms with Crippen LogP contribution in [0.25, 0.3) is 0 Å². The molecule has 1 amide bonds. The Kier molecular flexibility index (Phi) is 3.95. The van der Waals surface area contributed by atoms with Crippen molar-refractivity contribution in [1.82, 2.24) is 10.2 Å². The molecular weight excluding hydrogens is 268 g/mol. The minimum Gasteiger partial charge on any atom is -0.480 e. The highest BCUT2D eigenvalue weighted by Crippen LogP contribution is 2.36. The Hall–Kier alpha value is -1.10. The van der Waals surface area contributed by atoms with Crippen LogP contribution in [-0.2, 0) is 9.59 Å². The molecule has 0 spiro atoms. The summed E-state index contributed by atoms with van der Waals surface area (Å²) in [5.74, 6) is -0.256. The van der Waals surface area contributed by atoms with Gasteiger partial charge in [0.15, 0.2) is 0 Å². The third-order valence-corrected chi connectivity index (χ3v) is 5.78. The molecule has 2 heterocycles. The van der Waals surface area contributed by atoms with E-state index in [9.17, 15) is 14.7 Å². The number of rotatable bonds is 2. The van der Waals surface area contributed by atoms with Crippen molar-refractivity contribution in [3.8, 4) is 0 Å². The van der Waals surface area contributed by atoms with E-state index in [1.165, 1.54) is 19.3 Å². The molecule has 0 bridgehead atoms. The lowest BCUT2D eigenvalue weighted by Crippen LogP contribution is -2.61. The second-order valence-corrected chi connectivity index (χ2v) is 7.13. The summed E-state index contributed by atoms with van der Waals surface area (Å²) in [4.78, 5) is 26.1. The van der Waals surface area contributed by atoms with Gasteiger partial charge in [0.1, 0.15) is 5.54 Å². The van der Waals surface area contributed by atoms with Crippen molar-refractivity contribution >= 4 is 11.9 Å². The molecule has 3 aliphatic rings. The SMILES string of the molecule is CC1(C(=O)O)CCCCN1C(=O)C1CC2CCCCC2N1. The molecule has 2 saturated heterocycles. The Morgan fingerprint density at radius 1 is 1.19 bits per heavy atom. The minimum absolute atomic E-state index is 0.00833. The molecule has 4 unspecified atom stereocenters. The van der Waals surface area contributed by atoms with Gasteiger partial charge in [-0.05, 0) is 51.4 Å². The van der Waals surface area contributed by atoms with E-state index in [1.54, 1.807) is 11.8 Å². The van der Waals surface area contributed by atoms with Gasteiger partial charge in [-0.1, -0.05) is 12.8 Å². The first-order valence-electron chi connectivity index (χ1n) is 8.33. The number of carboxylic acid groups (broad SMARTS) is 1. The van der Waals surface area contributed by atoms with Crippen LogP contribution in [0.5, 0.6) is 0 Å². The predicted octanol–water partition coefficient (Wildman–Crippen LogP) is 1.76. The molecule has 3 rings (SSSR count). The van der Waals surface area contributed by atoms with Crippen molar-refractivity contribution < 1.29 is 14.7 Å². The molecule has 3 fully saturated rings. The first kappa shape index (κ1) is 14.8. The van der Waals surface area contributed by atoms with Crippen LogP contribution >= 0.6 is 0 Å². The molecule has 0 aromatic rings. The van der Waals surface area contributed by atoms with Crippen LogP contribution < -0.4 is 5.32 Å². The summed E-state index contributed by atoms with van der Waals surface area (Å²) in [5, 5.41) is 13.0. The Bertz CT molecular complexity index is 425. The van der Waals surface area contributed by atoms with Crippen molar-refractivity contribution in [2.45, 2.75) is 75.9 Å². The second-order valence-electron chi connectivity index (χ2n) is 7.13. The summed E-state index contributed by atoms with van der Waals surface area (Å²) in [5.41, 5.74) is -1.02. The standard InChI is InChI=1S/C16H26N2O3/c1-16(15(20)21)8-4-5-9-18(16)14(19)13-10-11-6-2-3-7-12(11)17-13/h11-13,17H,2-10H2,1H3,(H,20,21). The van der Waals surface area contributed by atoms with Gasteiger partial charge in [-0.2, -0.15) is 0 Å². The fraction of sp³-hybridized carbons (Fsp3) is 0.875. The van der Waals surface area contributed by atoms with E-state index in [-0.39, 0.29) is 11.9 Å². The lowest BCUT2D eigenvalue weighted by Gasteiger charge is -2.42. The van der Waals surface area contributed by atoms with E-state index in [0.29, 0.717) is 24.9 Å². The monoisotopic (exact) mass is 294 g/mol. The molecule has 5 heteroatoms. The van der Waals surface area contributed by atoms with Gasteiger partial charge in [0, 0.05) is 12.6 Å². The molecule has 4 atom stereocenters. The molecular formula is C16H26N2O3. The molecule has 0 aromatic carbocycles. The Morgan fingerprint density at radius 3 is 2.67 bits per heavy atom. The molecule has 5 nitrogen and oxygen atoms in total.